The van der Waals surface area contributed by atoms with Crippen molar-refractivity contribution in [3.63, 3.8) is 0 Å². The van der Waals surface area contributed by atoms with Gasteiger partial charge in [-0.25, -0.2) is 13.1 Å². The number of sulfonamides is 1. The number of hydrogen-bond acceptors (Lipinski definition) is 12. The monoisotopic (exact) mass is 907 g/mol. The van der Waals surface area contributed by atoms with Gasteiger partial charge in [0.25, 0.3) is 21.6 Å². The number of halogens is 1. The van der Waals surface area contributed by atoms with E-state index in [-0.39, 0.29) is 28.5 Å². The molecule has 2 N–H and O–H groups in total. The molecule has 1 amide bonds. The lowest BCUT2D eigenvalue weighted by molar-refractivity contribution is -0.384. The molecule has 3 fully saturated rings. The van der Waals surface area contributed by atoms with E-state index in [1.54, 1.807) is 30.5 Å². The van der Waals surface area contributed by atoms with Crippen molar-refractivity contribution in [3.8, 4) is 11.5 Å². The minimum atomic E-state index is -4.57. The van der Waals surface area contributed by atoms with E-state index in [9.17, 15) is 23.3 Å². The summed E-state index contributed by atoms with van der Waals surface area (Å²) >= 11 is 6.25. The molecule has 5 aliphatic rings. The topological polar surface area (TPSA) is 159 Å². The number of piperazine rings is 1. The summed E-state index contributed by atoms with van der Waals surface area (Å²) in [4.78, 5) is 36.7. The first kappa shape index (κ1) is 43.9. The first-order valence-electron chi connectivity index (χ1n) is 22.1. The molecule has 1 unspecified atom stereocenters. The van der Waals surface area contributed by atoms with E-state index < -0.39 is 31.4 Å². The Morgan fingerprint density at radius 3 is 2.56 bits per heavy atom. The minimum Gasteiger partial charge on any atom is -0.456 e. The van der Waals surface area contributed by atoms with Crippen LogP contribution in [0.4, 0.5) is 17.1 Å². The van der Waals surface area contributed by atoms with Crippen molar-refractivity contribution in [3.05, 3.63) is 122 Å². The maximum atomic E-state index is 14.0. The molecule has 3 heterocycles. The summed E-state index contributed by atoms with van der Waals surface area (Å²) in [5.41, 5.74) is 6.65. The van der Waals surface area contributed by atoms with Crippen LogP contribution in [0, 0.1) is 15.5 Å². The van der Waals surface area contributed by atoms with Crippen molar-refractivity contribution in [1.82, 2.24) is 14.5 Å². The van der Waals surface area contributed by atoms with Crippen LogP contribution in [-0.4, -0.2) is 106 Å². The van der Waals surface area contributed by atoms with Gasteiger partial charge in [-0.2, -0.15) is 0 Å². The Hall–Kier alpha value is -5.32. The van der Waals surface area contributed by atoms with Crippen LogP contribution in [0.5, 0.6) is 11.5 Å². The number of benzene rings is 4. The summed E-state index contributed by atoms with van der Waals surface area (Å²) in [5.74, 6) is -0.289. The van der Waals surface area contributed by atoms with Crippen molar-refractivity contribution in [2.75, 3.05) is 69.2 Å². The number of nitro groups is 1. The molecule has 2 saturated heterocycles. The SMILES string of the molecule is CC1(C)CCC(CN2CCN(c3ccc(C(=O)NS(=O)(=O)c4ccc(NCC5CN(C6CC6)CCO5)c([N+](=O)[O-])c4)c(Oc4cccc5c4C=NC5)c3)CC2)=C(c2ccc(Cl)cc2)C1. The fraction of sp³-hybridized carbons (Fsp3) is 0.417. The van der Waals surface area contributed by atoms with Crippen LogP contribution in [0.1, 0.15) is 73.0 Å². The molecule has 0 bridgehead atoms. The second-order valence-corrected chi connectivity index (χ2v) is 20.4. The van der Waals surface area contributed by atoms with Crippen LogP contribution in [0.3, 0.4) is 0 Å². The zero-order valence-electron chi connectivity index (χ0n) is 36.2. The van der Waals surface area contributed by atoms with E-state index in [2.05, 4.69) is 55.7 Å². The lowest BCUT2D eigenvalue weighted by Gasteiger charge is -2.39. The Labute approximate surface area is 379 Å². The number of anilines is 2. The van der Waals surface area contributed by atoms with Gasteiger partial charge in [0.1, 0.15) is 17.2 Å². The number of aliphatic imine (C=N–C) groups is 1. The van der Waals surface area contributed by atoms with Crippen LogP contribution in [0.25, 0.3) is 5.57 Å². The molecule has 1 saturated carbocycles. The van der Waals surface area contributed by atoms with Crippen LogP contribution in [0.15, 0.2) is 94.3 Å². The molecule has 64 heavy (non-hydrogen) atoms. The van der Waals surface area contributed by atoms with Crippen molar-refractivity contribution >= 4 is 56.4 Å². The van der Waals surface area contributed by atoms with Crippen LogP contribution in [0.2, 0.25) is 5.02 Å². The van der Waals surface area contributed by atoms with Crippen molar-refractivity contribution in [1.29, 1.82) is 0 Å². The second kappa shape index (κ2) is 18.3. The number of amides is 1. The van der Waals surface area contributed by atoms with Crippen molar-refractivity contribution < 1.29 is 27.6 Å². The highest BCUT2D eigenvalue weighted by Gasteiger charge is 2.34. The largest absolute Gasteiger partial charge is 0.456 e. The standard InChI is InChI=1S/C48H54ClN7O7S/c1-48(2)17-16-34(41(26-48)32-6-8-35(49)9-7-32)30-53-18-20-54(21-19-53)37-12-14-40(46(24-37)63-45-5-3-4-33-27-50-29-42(33)45)47(57)52-64(60,61)39-13-15-43(44(25-39)56(58)59)51-28-38-31-55(22-23-62-38)36-10-11-36/h3-9,12-15,24-25,29,36,38,51H,10-11,16-23,26-28,30-31H2,1-2H3,(H,52,57). The number of nitrogens with one attached hydrogen (secondary N) is 2. The van der Waals surface area contributed by atoms with E-state index in [4.69, 9.17) is 21.1 Å². The predicted molar refractivity (Wildman–Crippen MR) is 249 cm³/mol. The lowest BCUT2D eigenvalue weighted by Crippen LogP contribution is -2.47. The fourth-order valence-electron chi connectivity index (χ4n) is 9.27. The van der Waals surface area contributed by atoms with E-state index in [1.165, 1.54) is 41.7 Å². The van der Waals surface area contributed by atoms with E-state index in [1.807, 2.05) is 24.3 Å². The summed E-state index contributed by atoms with van der Waals surface area (Å²) in [5, 5.41) is 16.0. The van der Waals surface area contributed by atoms with Gasteiger partial charge in [-0.15, -0.1) is 0 Å². The number of ether oxygens (including phenoxy) is 2. The number of carbonyl (C=O) groups is 1. The molecule has 4 aromatic carbocycles. The van der Waals surface area contributed by atoms with Gasteiger partial charge in [-0.1, -0.05) is 55.3 Å². The molecule has 4 aromatic rings. The average molecular weight is 909 g/mol. The number of morpholine rings is 1. The highest BCUT2D eigenvalue weighted by atomic mass is 35.5. The third kappa shape index (κ3) is 9.98. The molecule has 2 aliphatic carbocycles. The highest BCUT2D eigenvalue weighted by molar-refractivity contribution is 7.90. The number of hydrogen-bond donors (Lipinski definition) is 2. The molecule has 3 aliphatic heterocycles. The molecule has 0 spiro atoms. The third-order valence-corrected chi connectivity index (χ3v) is 14.6. The van der Waals surface area contributed by atoms with Gasteiger partial charge in [0, 0.05) is 93.0 Å². The molecule has 16 heteroatoms. The van der Waals surface area contributed by atoms with Gasteiger partial charge in [0.15, 0.2) is 0 Å². The normalized spacial score (nSPS) is 20.2. The Morgan fingerprint density at radius 2 is 1.80 bits per heavy atom. The zero-order chi connectivity index (χ0) is 44.6. The van der Waals surface area contributed by atoms with Crippen molar-refractivity contribution in [2.45, 2.75) is 69.5 Å². The third-order valence-electron chi connectivity index (χ3n) is 13.1. The molecular weight excluding hydrogens is 854 g/mol. The predicted octanol–water partition coefficient (Wildman–Crippen LogP) is 8.15. The molecule has 14 nitrogen and oxygen atoms in total. The summed E-state index contributed by atoms with van der Waals surface area (Å²) in [6.07, 6.45) is 7.12. The van der Waals surface area contributed by atoms with Gasteiger partial charge in [-0.3, -0.25) is 29.7 Å². The quantitative estimate of drug-likeness (QED) is 0.0929. The Morgan fingerprint density at radius 1 is 1.00 bits per heavy atom. The summed E-state index contributed by atoms with van der Waals surface area (Å²) < 4.78 is 42.1. The highest BCUT2D eigenvalue weighted by Crippen LogP contribution is 2.44. The summed E-state index contributed by atoms with van der Waals surface area (Å²) in [7, 11) is -4.57. The number of nitro benzene ring substituents is 1. The van der Waals surface area contributed by atoms with Gasteiger partial charge in [0.05, 0.1) is 34.6 Å². The van der Waals surface area contributed by atoms with E-state index in [0.717, 1.165) is 93.0 Å². The van der Waals surface area contributed by atoms with Gasteiger partial charge >= 0.3 is 0 Å². The number of allylic oxidation sites excluding steroid dienone is 1. The molecule has 0 aromatic heterocycles. The summed E-state index contributed by atoms with van der Waals surface area (Å²) in [6.45, 7) is 11.7. The molecule has 0 radical (unpaired) electrons. The molecule has 336 valence electrons. The van der Waals surface area contributed by atoms with Crippen LogP contribution < -0.4 is 19.7 Å². The number of nitrogens with zero attached hydrogens (tertiary/aromatic N) is 5. The average Bonchev–Trinajstić information content (AvgIpc) is 4.02. The van der Waals surface area contributed by atoms with Crippen LogP contribution in [-0.2, 0) is 21.3 Å². The number of fused-ring (bicyclic) bond motifs is 1. The number of carbonyl (C=O) groups excluding carboxylic acids is 1. The maximum absolute atomic E-state index is 14.0. The van der Waals surface area contributed by atoms with E-state index >= 15 is 0 Å². The Balaban J connectivity index is 0.917. The first-order valence-corrected chi connectivity index (χ1v) is 24.0. The fourth-order valence-corrected chi connectivity index (χ4v) is 10.4. The smallest absolute Gasteiger partial charge is 0.293 e. The lowest BCUT2D eigenvalue weighted by atomic mass is 9.72. The first-order chi connectivity index (χ1) is 30.8. The molecule has 1 atom stereocenters. The second-order valence-electron chi connectivity index (χ2n) is 18.2. The van der Waals surface area contributed by atoms with Gasteiger partial charge < -0.3 is 19.7 Å². The van der Waals surface area contributed by atoms with Crippen LogP contribution >= 0.6 is 11.6 Å². The van der Waals surface area contributed by atoms with E-state index in [0.29, 0.717) is 31.5 Å². The minimum absolute atomic E-state index is 0.0131. The molecular formula is C48H54ClN7O7S. The van der Waals surface area contributed by atoms with Gasteiger partial charge in [-0.05, 0) is 96.7 Å². The molecule has 9 rings (SSSR count). The number of rotatable bonds is 14. The summed E-state index contributed by atoms with van der Waals surface area (Å²) in [6, 6.07) is 23.1. The Kier molecular flexibility index (Phi) is 12.5. The maximum Gasteiger partial charge on any atom is 0.293 e. The Bertz CT molecular complexity index is 2610. The van der Waals surface area contributed by atoms with Gasteiger partial charge in [0.2, 0.25) is 0 Å². The zero-order valence-corrected chi connectivity index (χ0v) is 37.8. The van der Waals surface area contributed by atoms with Crippen molar-refractivity contribution in [2.24, 2.45) is 10.4 Å².